The first-order valence-electron chi connectivity index (χ1n) is 6.88. The third kappa shape index (κ3) is 2.16. The molecule has 1 heterocycles. The van der Waals surface area contributed by atoms with E-state index in [2.05, 4.69) is 5.32 Å². The van der Waals surface area contributed by atoms with E-state index in [9.17, 15) is 14.4 Å². The van der Waals surface area contributed by atoms with Crippen LogP contribution in [0.15, 0.2) is 24.3 Å². The summed E-state index contributed by atoms with van der Waals surface area (Å²) in [6.45, 7) is 0.236. The number of carbonyl (C=O) groups is 3. The summed E-state index contributed by atoms with van der Waals surface area (Å²) in [4.78, 5) is 37.0. The van der Waals surface area contributed by atoms with Gasteiger partial charge in [0, 0.05) is 6.54 Å². The molecule has 1 aromatic carbocycles. The zero-order valence-electron chi connectivity index (χ0n) is 11.7. The maximum Gasteiger partial charge on any atom is 0.330 e. The van der Waals surface area contributed by atoms with Crippen LogP contribution in [0, 0.1) is 5.41 Å². The highest BCUT2D eigenvalue weighted by Gasteiger charge is 2.62. The van der Waals surface area contributed by atoms with E-state index in [-0.39, 0.29) is 12.5 Å². The molecular weight excluding hydrogens is 272 g/mol. The van der Waals surface area contributed by atoms with Crippen LogP contribution in [0.2, 0.25) is 0 Å². The van der Waals surface area contributed by atoms with Gasteiger partial charge in [-0.15, -0.1) is 0 Å². The number of benzene rings is 1. The van der Waals surface area contributed by atoms with Gasteiger partial charge in [0.15, 0.2) is 0 Å². The molecule has 110 valence electrons. The van der Waals surface area contributed by atoms with E-state index >= 15 is 0 Å². The number of nitrogens with one attached hydrogen (secondary N) is 1. The Morgan fingerprint density at radius 1 is 1.24 bits per heavy atom. The van der Waals surface area contributed by atoms with E-state index in [0.717, 1.165) is 16.2 Å². The van der Waals surface area contributed by atoms with Gasteiger partial charge in [-0.3, -0.25) is 19.8 Å². The van der Waals surface area contributed by atoms with Crippen LogP contribution in [0.25, 0.3) is 0 Å². The van der Waals surface area contributed by atoms with Crippen LogP contribution in [0.4, 0.5) is 4.79 Å². The first kappa shape index (κ1) is 13.6. The number of methoxy groups -OCH3 is 1. The molecule has 4 amide bonds. The maximum absolute atomic E-state index is 12.3. The highest BCUT2D eigenvalue weighted by molar-refractivity contribution is 6.20. The second kappa shape index (κ2) is 4.87. The van der Waals surface area contributed by atoms with Gasteiger partial charge in [-0.25, -0.2) is 4.79 Å². The lowest BCUT2D eigenvalue weighted by Gasteiger charge is -2.30. The van der Waals surface area contributed by atoms with E-state index < -0.39 is 17.4 Å². The fourth-order valence-electron chi connectivity index (χ4n) is 2.64. The summed E-state index contributed by atoms with van der Waals surface area (Å²) in [7, 11) is 1.58. The Bertz CT molecular complexity index is 622. The third-order valence-electron chi connectivity index (χ3n) is 4.10. The smallest absolute Gasteiger partial charge is 0.330 e. The van der Waals surface area contributed by atoms with Crippen LogP contribution in [-0.2, 0) is 16.0 Å². The van der Waals surface area contributed by atoms with Gasteiger partial charge in [0.1, 0.15) is 11.2 Å². The summed E-state index contributed by atoms with van der Waals surface area (Å²) in [6, 6.07) is 6.83. The van der Waals surface area contributed by atoms with Crippen molar-refractivity contribution >= 4 is 17.8 Å². The van der Waals surface area contributed by atoms with E-state index in [1.54, 1.807) is 7.11 Å². The van der Waals surface area contributed by atoms with Crippen LogP contribution in [-0.4, -0.2) is 36.4 Å². The molecule has 2 fully saturated rings. The molecule has 6 heteroatoms. The molecule has 1 saturated carbocycles. The Labute approximate surface area is 122 Å². The number of ether oxygens (including phenoxy) is 1. The molecule has 1 aromatic rings. The van der Waals surface area contributed by atoms with Gasteiger partial charge in [-0.1, -0.05) is 18.2 Å². The summed E-state index contributed by atoms with van der Waals surface area (Å²) in [5.74, 6) is -0.100. The quantitative estimate of drug-likeness (QED) is 0.842. The number of imide groups is 2. The lowest BCUT2D eigenvalue weighted by molar-refractivity contribution is -0.144. The summed E-state index contributed by atoms with van der Waals surface area (Å²) in [6.07, 6.45) is 1.54. The van der Waals surface area contributed by atoms with Crippen LogP contribution >= 0.6 is 0 Å². The number of carbonyl (C=O) groups excluding carboxylic acids is 3. The first-order chi connectivity index (χ1) is 10.1. The number of hydrogen-bond donors (Lipinski definition) is 1. The van der Waals surface area contributed by atoms with E-state index in [0.29, 0.717) is 19.3 Å². The third-order valence-corrected chi connectivity index (χ3v) is 4.10. The molecule has 6 nitrogen and oxygen atoms in total. The van der Waals surface area contributed by atoms with Gasteiger partial charge in [0.25, 0.3) is 0 Å². The van der Waals surface area contributed by atoms with Gasteiger partial charge in [-0.05, 0) is 30.9 Å². The largest absolute Gasteiger partial charge is 0.496 e. The van der Waals surface area contributed by atoms with Gasteiger partial charge in [0.2, 0.25) is 11.8 Å². The van der Waals surface area contributed by atoms with Crippen LogP contribution in [0.1, 0.15) is 18.4 Å². The highest BCUT2D eigenvalue weighted by atomic mass is 16.5. The molecule has 1 saturated heterocycles. The molecule has 3 rings (SSSR count). The topological polar surface area (TPSA) is 75.7 Å². The number of urea groups is 1. The minimum atomic E-state index is -0.977. The molecule has 0 aromatic heterocycles. The number of para-hydroxylation sites is 1. The fraction of sp³-hybridized carbons (Fsp3) is 0.400. The van der Waals surface area contributed by atoms with E-state index in [1.165, 1.54) is 0 Å². The summed E-state index contributed by atoms with van der Waals surface area (Å²) >= 11 is 0. The average molecular weight is 288 g/mol. The summed E-state index contributed by atoms with van der Waals surface area (Å²) in [5, 5.41) is 2.27. The van der Waals surface area contributed by atoms with Gasteiger partial charge in [-0.2, -0.15) is 0 Å². The number of nitrogens with zero attached hydrogens (tertiary/aromatic N) is 1. The minimum absolute atomic E-state index is 0.236. The van der Waals surface area contributed by atoms with Crippen LogP contribution < -0.4 is 10.1 Å². The first-order valence-corrected chi connectivity index (χ1v) is 6.88. The lowest BCUT2D eigenvalue weighted by Crippen LogP contribution is -2.59. The zero-order valence-corrected chi connectivity index (χ0v) is 11.7. The highest BCUT2D eigenvalue weighted by Crippen LogP contribution is 2.48. The van der Waals surface area contributed by atoms with Crippen molar-refractivity contribution in [2.45, 2.75) is 19.3 Å². The molecule has 21 heavy (non-hydrogen) atoms. The number of rotatable bonds is 4. The van der Waals surface area contributed by atoms with Crippen molar-refractivity contribution in [3.63, 3.8) is 0 Å². The maximum atomic E-state index is 12.3. The van der Waals surface area contributed by atoms with Crippen molar-refractivity contribution in [3.8, 4) is 5.75 Å². The van der Waals surface area contributed by atoms with Gasteiger partial charge >= 0.3 is 6.03 Å². The SMILES string of the molecule is COc1ccccc1CCN1C(=O)NC(=O)C2(CC2)C1=O. The molecule has 0 atom stereocenters. The van der Waals surface area contributed by atoms with E-state index in [1.807, 2.05) is 24.3 Å². The monoisotopic (exact) mass is 288 g/mol. The molecular formula is C15H16N2O4. The van der Waals surface area contributed by atoms with Gasteiger partial charge in [0.05, 0.1) is 7.11 Å². The molecule has 1 aliphatic heterocycles. The Balaban J connectivity index is 1.74. The molecule has 1 aliphatic carbocycles. The summed E-state index contributed by atoms with van der Waals surface area (Å²) < 4.78 is 5.25. The Morgan fingerprint density at radius 2 is 1.95 bits per heavy atom. The minimum Gasteiger partial charge on any atom is -0.496 e. The van der Waals surface area contributed by atoms with Crippen LogP contribution in [0.5, 0.6) is 5.75 Å². The fourth-order valence-corrected chi connectivity index (χ4v) is 2.64. The molecule has 2 aliphatic rings. The molecule has 1 spiro atoms. The Kier molecular flexibility index (Phi) is 3.16. The number of hydrogen-bond acceptors (Lipinski definition) is 4. The molecule has 0 unspecified atom stereocenters. The van der Waals surface area contributed by atoms with Crippen molar-refractivity contribution in [1.82, 2.24) is 10.2 Å². The van der Waals surface area contributed by atoms with Crippen molar-refractivity contribution < 1.29 is 19.1 Å². The normalized spacial score (nSPS) is 19.7. The average Bonchev–Trinajstić information content (AvgIpc) is 3.28. The van der Waals surface area contributed by atoms with Gasteiger partial charge < -0.3 is 4.74 Å². The molecule has 0 bridgehead atoms. The summed E-state index contributed by atoms with van der Waals surface area (Å²) in [5.41, 5.74) is -0.0587. The second-order valence-corrected chi connectivity index (χ2v) is 5.36. The lowest BCUT2D eigenvalue weighted by atomic mass is 10.0. The van der Waals surface area contributed by atoms with E-state index in [4.69, 9.17) is 4.74 Å². The Hall–Kier alpha value is -2.37. The standard InChI is InChI=1S/C15H16N2O4/c1-21-11-5-3-2-4-10(11)6-9-17-13(19)15(7-8-15)12(18)16-14(17)20/h2-5H,6-9H2,1H3,(H,16,18,20). The van der Waals surface area contributed by atoms with Crippen molar-refractivity contribution in [2.24, 2.45) is 5.41 Å². The second-order valence-electron chi connectivity index (χ2n) is 5.36. The molecule has 1 N–H and O–H groups in total. The Morgan fingerprint density at radius 3 is 2.62 bits per heavy atom. The number of amides is 4. The van der Waals surface area contributed by atoms with Crippen molar-refractivity contribution in [1.29, 1.82) is 0 Å². The van der Waals surface area contributed by atoms with Crippen molar-refractivity contribution in [3.05, 3.63) is 29.8 Å². The predicted molar refractivity (Wildman–Crippen MR) is 73.6 cm³/mol. The number of barbiturate groups is 1. The van der Waals surface area contributed by atoms with Crippen LogP contribution in [0.3, 0.4) is 0 Å². The predicted octanol–water partition coefficient (Wildman–Crippen LogP) is 1.10. The molecule has 0 radical (unpaired) electrons. The van der Waals surface area contributed by atoms with Crippen molar-refractivity contribution in [2.75, 3.05) is 13.7 Å². The zero-order chi connectivity index (χ0) is 15.0.